The molecule has 1 heterocycles. The van der Waals surface area contributed by atoms with Crippen LogP contribution in [0.1, 0.15) is 16.5 Å². The van der Waals surface area contributed by atoms with Gasteiger partial charge in [-0.3, -0.25) is 4.79 Å². The van der Waals surface area contributed by atoms with Gasteiger partial charge in [-0.1, -0.05) is 0 Å². The molecule has 0 aliphatic heterocycles. The van der Waals surface area contributed by atoms with E-state index in [1.165, 1.54) is 10.4 Å². The Morgan fingerprint density at radius 1 is 1.53 bits per heavy atom. The Bertz CT molecular complexity index is 362. The molecule has 4 nitrogen and oxygen atoms in total. The van der Waals surface area contributed by atoms with Crippen molar-refractivity contribution >= 4 is 17.2 Å². The van der Waals surface area contributed by atoms with Crippen molar-refractivity contribution in [3.05, 3.63) is 21.9 Å². The Morgan fingerprint density at radius 2 is 2.24 bits per heavy atom. The molecule has 5 heteroatoms. The second kappa shape index (κ2) is 6.74. The summed E-state index contributed by atoms with van der Waals surface area (Å²) >= 11 is 1.74. The van der Waals surface area contributed by atoms with E-state index in [1.807, 2.05) is 14.1 Å². The third kappa shape index (κ3) is 4.11. The van der Waals surface area contributed by atoms with Gasteiger partial charge in [0.15, 0.2) is 0 Å². The van der Waals surface area contributed by atoms with Crippen molar-refractivity contribution in [2.24, 2.45) is 0 Å². The molecule has 1 amide bonds. The lowest BCUT2D eigenvalue weighted by Crippen LogP contribution is -2.38. The van der Waals surface area contributed by atoms with Gasteiger partial charge in [0.2, 0.25) is 5.91 Å². The maximum Gasteiger partial charge on any atom is 0.234 e. The van der Waals surface area contributed by atoms with Crippen molar-refractivity contribution < 1.29 is 4.79 Å². The van der Waals surface area contributed by atoms with E-state index in [0.29, 0.717) is 13.1 Å². The van der Waals surface area contributed by atoms with E-state index >= 15 is 0 Å². The van der Waals surface area contributed by atoms with Crippen LogP contribution in [0.3, 0.4) is 0 Å². The summed E-state index contributed by atoms with van der Waals surface area (Å²) in [5.74, 6) is 0.0357. The van der Waals surface area contributed by atoms with Crippen molar-refractivity contribution in [3.8, 4) is 0 Å². The van der Waals surface area contributed by atoms with Gasteiger partial charge in [0.1, 0.15) is 0 Å². The lowest BCUT2D eigenvalue weighted by molar-refractivity contribution is -0.120. The number of hydrogen-bond donors (Lipinski definition) is 2. The molecule has 0 fully saturated rings. The fraction of sp³-hybridized carbons (Fsp3) is 0.583. The number of carbonyl (C=O) groups is 1. The number of thiophene rings is 1. The average Bonchev–Trinajstić information content (AvgIpc) is 2.65. The molecule has 1 atom stereocenters. The van der Waals surface area contributed by atoms with Gasteiger partial charge in [-0.2, -0.15) is 0 Å². The molecule has 1 aromatic rings. The van der Waals surface area contributed by atoms with Crippen LogP contribution in [0.4, 0.5) is 0 Å². The van der Waals surface area contributed by atoms with Crippen LogP contribution < -0.4 is 10.6 Å². The van der Waals surface area contributed by atoms with Crippen LogP contribution in [0.15, 0.2) is 11.4 Å². The van der Waals surface area contributed by atoms with E-state index < -0.39 is 0 Å². The standard InChI is InChI=1S/C12H21N3OS/c1-9-5-6-17-12(9)10(15(3)4)7-14-11(16)8-13-2/h5-6,10,13H,7-8H2,1-4H3,(H,14,16)/t10-/m0/s1. The van der Waals surface area contributed by atoms with Gasteiger partial charge in [0.25, 0.3) is 0 Å². The zero-order chi connectivity index (χ0) is 12.8. The van der Waals surface area contributed by atoms with Crippen LogP contribution >= 0.6 is 11.3 Å². The maximum atomic E-state index is 11.4. The predicted molar refractivity (Wildman–Crippen MR) is 72.4 cm³/mol. The Morgan fingerprint density at radius 3 is 2.71 bits per heavy atom. The summed E-state index contributed by atoms with van der Waals surface area (Å²) < 4.78 is 0. The summed E-state index contributed by atoms with van der Waals surface area (Å²) in [7, 11) is 5.84. The van der Waals surface area contributed by atoms with Crippen molar-refractivity contribution in [1.82, 2.24) is 15.5 Å². The highest BCUT2D eigenvalue weighted by atomic mass is 32.1. The quantitative estimate of drug-likeness (QED) is 0.797. The van der Waals surface area contributed by atoms with E-state index in [0.717, 1.165) is 0 Å². The van der Waals surface area contributed by atoms with Gasteiger partial charge in [-0.25, -0.2) is 0 Å². The van der Waals surface area contributed by atoms with Gasteiger partial charge in [-0.15, -0.1) is 11.3 Å². The van der Waals surface area contributed by atoms with E-state index in [9.17, 15) is 4.79 Å². The minimum absolute atomic E-state index is 0.0357. The van der Waals surface area contributed by atoms with E-state index in [1.54, 1.807) is 18.4 Å². The van der Waals surface area contributed by atoms with Gasteiger partial charge >= 0.3 is 0 Å². The second-order valence-corrected chi connectivity index (χ2v) is 5.23. The molecule has 2 N–H and O–H groups in total. The molecular weight excluding hydrogens is 234 g/mol. The summed E-state index contributed by atoms with van der Waals surface area (Å²) in [6.45, 7) is 3.12. The number of rotatable bonds is 6. The molecule has 0 spiro atoms. The Hall–Kier alpha value is -0.910. The second-order valence-electron chi connectivity index (χ2n) is 4.28. The zero-order valence-corrected chi connectivity index (χ0v) is 11.7. The van der Waals surface area contributed by atoms with Crippen LogP contribution in [0.2, 0.25) is 0 Å². The molecule has 0 aliphatic carbocycles. The number of aryl methyl sites for hydroxylation is 1. The Labute approximate surface area is 107 Å². The number of likely N-dealkylation sites (N-methyl/N-ethyl adjacent to an activating group) is 2. The van der Waals surface area contributed by atoms with Crippen molar-refractivity contribution in [2.45, 2.75) is 13.0 Å². The molecule has 0 saturated heterocycles. The normalized spacial score (nSPS) is 12.8. The van der Waals surface area contributed by atoms with Gasteiger partial charge in [-0.05, 0) is 45.1 Å². The largest absolute Gasteiger partial charge is 0.353 e. The topological polar surface area (TPSA) is 44.4 Å². The summed E-state index contributed by atoms with van der Waals surface area (Å²) in [6.07, 6.45) is 0. The molecular formula is C12H21N3OS. The first-order valence-electron chi connectivity index (χ1n) is 5.68. The first kappa shape index (κ1) is 14.2. The average molecular weight is 255 g/mol. The molecule has 17 heavy (non-hydrogen) atoms. The van der Waals surface area contributed by atoms with Crippen molar-refractivity contribution in [2.75, 3.05) is 34.2 Å². The van der Waals surface area contributed by atoms with Gasteiger partial charge in [0, 0.05) is 11.4 Å². The molecule has 96 valence electrons. The van der Waals surface area contributed by atoms with Crippen LogP contribution in [0.5, 0.6) is 0 Å². The number of nitrogens with zero attached hydrogens (tertiary/aromatic N) is 1. The number of nitrogens with one attached hydrogen (secondary N) is 2. The lowest BCUT2D eigenvalue weighted by Gasteiger charge is -2.24. The van der Waals surface area contributed by atoms with E-state index in [2.05, 4.69) is 33.9 Å². The minimum Gasteiger partial charge on any atom is -0.353 e. The molecule has 0 radical (unpaired) electrons. The van der Waals surface area contributed by atoms with Gasteiger partial charge < -0.3 is 15.5 Å². The molecule has 1 rings (SSSR count). The van der Waals surface area contributed by atoms with E-state index in [4.69, 9.17) is 0 Å². The number of amides is 1. The predicted octanol–water partition coefficient (Wildman–Crippen LogP) is 0.995. The zero-order valence-electron chi connectivity index (χ0n) is 10.9. The highest BCUT2D eigenvalue weighted by Crippen LogP contribution is 2.26. The first-order chi connectivity index (χ1) is 8.06. The lowest BCUT2D eigenvalue weighted by atomic mass is 10.1. The summed E-state index contributed by atoms with van der Waals surface area (Å²) in [5, 5.41) is 7.88. The van der Waals surface area contributed by atoms with Gasteiger partial charge in [0.05, 0.1) is 12.6 Å². The SMILES string of the molecule is CNCC(=O)NC[C@@H](c1sccc1C)N(C)C. The van der Waals surface area contributed by atoms with Crippen LogP contribution in [-0.2, 0) is 4.79 Å². The van der Waals surface area contributed by atoms with E-state index in [-0.39, 0.29) is 11.9 Å². The molecule has 0 aliphatic rings. The third-order valence-electron chi connectivity index (χ3n) is 2.66. The van der Waals surface area contributed by atoms with Crippen LogP contribution in [0.25, 0.3) is 0 Å². The summed E-state index contributed by atoms with van der Waals surface area (Å²) in [6, 6.07) is 2.36. The number of hydrogen-bond acceptors (Lipinski definition) is 4. The molecule has 0 bridgehead atoms. The van der Waals surface area contributed by atoms with Crippen LogP contribution in [0, 0.1) is 6.92 Å². The molecule has 1 aromatic heterocycles. The fourth-order valence-corrected chi connectivity index (χ4v) is 2.79. The minimum atomic E-state index is 0.0357. The first-order valence-corrected chi connectivity index (χ1v) is 6.56. The van der Waals surface area contributed by atoms with Crippen molar-refractivity contribution in [3.63, 3.8) is 0 Å². The van der Waals surface area contributed by atoms with Crippen molar-refractivity contribution in [1.29, 1.82) is 0 Å². The molecule has 0 unspecified atom stereocenters. The Kier molecular flexibility index (Phi) is 5.61. The highest BCUT2D eigenvalue weighted by Gasteiger charge is 2.18. The third-order valence-corrected chi connectivity index (χ3v) is 3.78. The molecule has 0 saturated carbocycles. The maximum absolute atomic E-state index is 11.4. The molecule has 0 aromatic carbocycles. The summed E-state index contributed by atoms with van der Waals surface area (Å²) in [4.78, 5) is 14.9. The smallest absolute Gasteiger partial charge is 0.234 e. The van der Waals surface area contributed by atoms with Crippen LogP contribution in [-0.4, -0.2) is 45.0 Å². The Balaban J connectivity index is 2.62. The monoisotopic (exact) mass is 255 g/mol. The number of carbonyl (C=O) groups excluding carboxylic acids is 1. The highest BCUT2D eigenvalue weighted by molar-refractivity contribution is 7.10. The summed E-state index contributed by atoms with van der Waals surface area (Å²) in [5.41, 5.74) is 1.29. The fourth-order valence-electron chi connectivity index (χ4n) is 1.67.